The monoisotopic (exact) mass is 383 g/mol. The van der Waals surface area contributed by atoms with Crippen molar-refractivity contribution in [3.8, 4) is 11.4 Å². The topological polar surface area (TPSA) is 67.1 Å². The molecule has 0 saturated carbocycles. The number of nitrogens with one attached hydrogen (secondary N) is 1. The Balaban J connectivity index is 1.81. The lowest BCUT2D eigenvalue weighted by Gasteiger charge is -2.23. The second kappa shape index (κ2) is 5.79. The number of fused-ring (bicyclic) bond motifs is 1. The van der Waals surface area contributed by atoms with Gasteiger partial charge in [-0.3, -0.25) is 9.36 Å². The average molecular weight is 384 g/mol. The number of aromatic nitrogens is 2. The number of anilines is 1. The summed E-state index contributed by atoms with van der Waals surface area (Å²) < 4.78 is 2.86. The lowest BCUT2D eigenvalue weighted by molar-refractivity contribution is -0.116. The first-order valence-corrected chi connectivity index (χ1v) is 8.33. The minimum absolute atomic E-state index is 0.0605. The zero-order valence-electron chi connectivity index (χ0n) is 12.6. The van der Waals surface area contributed by atoms with Gasteiger partial charge >= 0.3 is 0 Å². The Labute approximate surface area is 147 Å². The Morgan fingerprint density at radius 2 is 2.00 bits per heavy atom. The van der Waals surface area contributed by atoms with Gasteiger partial charge in [-0.15, -0.1) is 0 Å². The molecule has 0 aliphatic carbocycles. The van der Waals surface area contributed by atoms with E-state index in [-0.39, 0.29) is 17.6 Å². The van der Waals surface area contributed by atoms with Crippen LogP contribution in [0.5, 0.6) is 5.75 Å². The van der Waals surface area contributed by atoms with Crippen molar-refractivity contribution < 1.29 is 9.90 Å². The molecule has 5 nitrogen and oxygen atoms in total. The molecule has 0 radical (unpaired) electrons. The summed E-state index contributed by atoms with van der Waals surface area (Å²) >= 11 is 3.42. The predicted molar refractivity (Wildman–Crippen MR) is 94.5 cm³/mol. The van der Waals surface area contributed by atoms with E-state index in [1.165, 1.54) is 0 Å². The van der Waals surface area contributed by atoms with Crippen LogP contribution in [0.15, 0.2) is 59.3 Å². The Bertz CT molecular complexity index is 918. The fourth-order valence-electron chi connectivity index (χ4n) is 3.02. The van der Waals surface area contributed by atoms with Gasteiger partial charge in [0.05, 0.1) is 5.69 Å². The number of phenols is 1. The molecule has 3 aromatic rings. The van der Waals surface area contributed by atoms with E-state index in [2.05, 4.69) is 26.2 Å². The van der Waals surface area contributed by atoms with Crippen LogP contribution in [-0.4, -0.2) is 20.6 Å². The van der Waals surface area contributed by atoms with Crippen LogP contribution in [0.2, 0.25) is 0 Å². The molecular weight excluding hydrogens is 370 g/mol. The Morgan fingerprint density at radius 3 is 2.75 bits per heavy atom. The highest BCUT2D eigenvalue weighted by Gasteiger charge is 2.31. The zero-order chi connectivity index (χ0) is 16.7. The maximum absolute atomic E-state index is 12.2. The maximum atomic E-state index is 12.2. The smallest absolute Gasteiger partial charge is 0.226 e. The second-order valence-electron chi connectivity index (χ2n) is 5.72. The zero-order valence-corrected chi connectivity index (χ0v) is 14.2. The molecule has 0 unspecified atom stereocenters. The summed E-state index contributed by atoms with van der Waals surface area (Å²) in [6.45, 7) is 0. The van der Waals surface area contributed by atoms with Gasteiger partial charge in [-0.2, -0.15) is 0 Å². The molecule has 6 heteroatoms. The molecule has 1 amide bonds. The molecule has 2 N–H and O–H groups in total. The largest absolute Gasteiger partial charge is 0.508 e. The number of halogens is 1. The summed E-state index contributed by atoms with van der Waals surface area (Å²) in [5.41, 5.74) is 2.61. The Hall–Kier alpha value is -2.60. The van der Waals surface area contributed by atoms with Gasteiger partial charge in [0.25, 0.3) is 0 Å². The first-order valence-electron chi connectivity index (χ1n) is 7.54. The third-order valence-corrected chi connectivity index (χ3v) is 4.68. The molecule has 1 aliphatic heterocycles. The fourth-order valence-corrected chi connectivity index (χ4v) is 3.29. The third kappa shape index (κ3) is 2.59. The number of imidazole rings is 1. The van der Waals surface area contributed by atoms with Crippen molar-refractivity contribution in [2.75, 3.05) is 5.32 Å². The first kappa shape index (κ1) is 15.0. The van der Waals surface area contributed by atoms with E-state index in [1.54, 1.807) is 24.5 Å². The minimum Gasteiger partial charge on any atom is -0.508 e. The SMILES string of the molecule is O=C1C[C@@H](c2cccc(O)c2)c2ncn(-c3ccc(Br)cc3)c2N1. The van der Waals surface area contributed by atoms with E-state index in [1.807, 2.05) is 34.9 Å². The third-order valence-electron chi connectivity index (χ3n) is 4.15. The highest BCUT2D eigenvalue weighted by Crippen LogP contribution is 2.38. The summed E-state index contributed by atoms with van der Waals surface area (Å²) in [4.78, 5) is 16.7. The number of carbonyl (C=O) groups is 1. The van der Waals surface area contributed by atoms with Gasteiger partial charge in [0, 0.05) is 22.5 Å². The van der Waals surface area contributed by atoms with E-state index in [0.717, 1.165) is 21.4 Å². The molecular formula is C18H14BrN3O2. The summed E-state index contributed by atoms with van der Waals surface area (Å²) in [6.07, 6.45) is 2.03. The van der Waals surface area contributed by atoms with Gasteiger partial charge in [0.15, 0.2) is 0 Å². The molecule has 0 bridgehead atoms. The molecule has 1 aliphatic rings. The van der Waals surface area contributed by atoms with Crippen molar-refractivity contribution in [2.45, 2.75) is 12.3 Å². The second-order valence-corrected chi connectivity index (χ2v) is 6.64. The van der Waals surface area contributed by atoms with Crippen LogP contribution in [0.1, 0.15) is 23.6 Å². The van der Waals surface area contributed by atoms with Crippen LogP contribution in [0.25, 0.3) is 5.69 Å². The molecule has 120 valence electrons. The van der Waals surface area contributed by atoms with Gasteiger partial charge in [-0.05, 0) is 42.0 Å². The summed E-state index contributed by atoms with van der Waals surface area (Å²) in [7, 11) is 0. The number of phenolic OH excluding ortho intramolecular Hbond substituents is 1. The average Bonchev–Trinajstić information content (AvgIpc) is 2.98. The lowest BCUT2D eigenvalue weighted by Crippen LogP contribution is -2.24. The van der Waals surface area contributed by atoms with Gasteiger partial charge in [-0.25, -0.2) is 4.98 Å². The van der Waals surface area contributed by atoms with Gasteiger partial charge in [0.2, 0.25) is 5.91 Å². The van der Waals surface area contributed by atoms with E-state index < -0.39 is 0 Å². The van der Waals surface area contributed by atoms with Gasteiger partial charge in [0.1, 0.15) is 17.9 Å². The standard InChI is InChI=1S/C18H14BrN3O2/c19-12-4-6-13(7-5-12)22-10-20-17-15(9-16(24)21-18(17)22)11-2-1-3-14(23)8-11/h1-8,10,15,23H,9H2,(H,21,24)/t15-/m0/s1. The van der Waals surface area contributed by atoms with Crippen LogP contribution >= 0.6 is 15.9 Å². The van der Waals surface area contributed by atoms with Gasteiger partial charge in [-0.1, -0.05) is 28.1 Å². The number of carbonyl (C=O) groups excluding carboxylic acids is 1. The van der Waals surface area contributed by atoms with Crippen molar-refractivity contribution in [1.82, 2.24) is 9.55 Å². The Kier molecular flexibility index (Phi) is 3.61. The molecule has 0 fully saturated rings. The number of aromatic hydroxyl groups is 1. The van der Waals surface area contributed by atoms with Gasteiger partial charge < -0.3 is 10.4 Å². The molecule has 0 saturated heterocycles. The number of hydrogen-bond donors (Lipinski definition) is 2. The quantitative estimate of drug-likeness (QED) is 0.706. The number of benzene rings is 2. The van der Waals surface area contributed by atoms with Crippen LogP contribution in [0, 0.1) is 0 Å². The number of amides is 1. The van der Waals surface area contributed by atoms with Crippen LogP contribution in [0.3, 0.4) is 0 Å². The fraction of sp³-hybridized carbons (Fsp3) is 0.111. The highest BCUT2D eigenvalue weighted by molar-refractivity contribution is 9.10. The number of nitrogens with zero attached hydrogens (tertiary/aromatic N) is 2. The van der Waals surface area contributed by atoms with E-state index in [9.17, 15) is 9.90 Å². The first-order chi connectivity index (χ1) is 11.6. The highest BCUT2D eigenvalue weighted by atomic mass is 79.9. The maximum Gasteiger partial charge on any atom is 0.226 e. The Morgan fingerprint density at radius 1 is 1.21 bits per heavy atom. The normalized spacial score (nSPS) is 16.5. The van der Waals surface area contributed by atoms with Crippen LogP contribution in [0.4, 0.5) is 5.82 Å². The van der Waals surface area contributed by atoms with Crippen molar-refractivity contribution >= 4 is 27.7 Å². The van der Waals surface area contributed by atoms with Crippen molar-refractivity contribution in [1.29, 1.82) is 0 Å². The van der Waals surface area contributed by atoms with Crippen molar-refractivity contribution in [3.05, 3.63) is 70.6 Å². The van der Waals surface area contributed by atoms with Crippen molar-refractivity contribution in [2.24, 2.45) is 0 Å². The van der Waals surface area contributed by atoms with E-state index >= 15 is 0 Å². The molecule has 2 aromatic carbocycles. The summed E-state index contributed by atoms with van der Waals surface area (Å²) in [5.74, 6) is 0.640. The van der Waals surface area contributed by atoms with Crippen molar-refractivity contribution in [3.63, 3.8) is 0 Å². The molecule has 4 rings (SSSR count). The predicted octanol–water partition coefficient (Wildman–Crippen LogP) is 3.81. The lowest BCUT2D eigenvalue weighted by atomic mass is 9.90. The summed E-state index contributed by atoms with van der Waals surface area (Å²) in [5, 5.41) is 12.7. The van der Waals surface area contributed by atoms with Crippen LogP contribution in [-0.2, 0) is 4.79 Å². The summed E-state index contributed by atoms with van der Waals surface area (Å²) in [6, 6.07) is 14.8. The molecule has 1 atom stereocenters. The molecule has 1 aromatic heterocycles. The van der Waals surface area contributed by atoms with Crippen LogP contribution < -0.4 is 5.32 Å². The number of rotatable bonds is 2. The van der Waals surface area contributed by atoms with E-state index in [4.69, 9.17) is 0 Å². The molecule has 0 spiro atoms. The number of hydrogen-bond acceptors (Lipinski definition) is 3. The molecule has 24 heavy (non-hydrogen) atoms. The van der Waals surface area contributed by atoms with E-state index in [0.29, 0.717) is 12.2 Å². The minimum atomic E-state index is -0.169. The molecule has 2 heterocycles.